The van der Waals surface area contributed by atoms with Crippen LogP contribution in [0.25, 0.3) is 6.08 Å². The summed E-state index contributed by atoms with van der Waals surface area (Å²) in [4.78, 5) is 22.0. The van der Waals surface area contributed by atoms with Crippen molar-refractivity contribution in [3.63, 3.8) is 0 Å². The number of benzene rings is 1. The molecule has 1 amide bonds. The second-order valence-electron chi connectivity index (χ2n) is 3.27. The van der Waals surface area contributed by atoms with Crippen LogP contribution in [0.4, 0.5) is 5.69 Å². The van der Waals surface area contributed by atoms with Crippen LogP contribution in [-0.4, -0.2) is 19.0 Å². The first-order valence-electron chi connectivity index (χ1n) is 4.86. The number of hydrogen-bond donors (Lipinski definition) is 1. The molecule has 0 fully saturated rings. The van der Waals surface area contributed by atoms with E-state index in [1.807, 2.05) is 0 Å². The van der Waals surface area contributed by atoms with Crippen LogP contribution in [0.3, 0.4) is 0 Å². The monoisotopic (exact) mass is 297 g/mol. The molecule has 1 N–H and O–H groups in total. The van der Waals surface area contributed by atoms with Gasteiger partial charge in [-0.3, -0.25) is 4.79 Å². The third kappa shape index (κ3) is 4.40. The van der Waals surface area contributed by atoms with E-state index in [0.29, 0.717) is 5.69 Å². The highest BCUT2D eigenvalue weighted by molar-refractivity contribution is 9.10. The number of hydrogen-bond acceptors (Lipinski definition) is 3. The van der Waals surface area contributed by atoms with E-state index in [1.165, 1.54) is 20.1 Å². The van der Waals surface area contributed by atoms with Gasteiger partial charge in [-0.05, 0) is 29.8 Å². The largest absolute Gasteiger partial charge is 0.466 e. The summed E-state index contributed by atoms with van der Waals surface area (Å²) in [5.74, 6) is -0.612. The summed E-state index contributed by atoms with van der Waals surface area (Å²) >= 11 is 3.32. The molecule has 1 rings (SSSR count). The summed E-state index contributed by atoms with van der Waals surface area (Å²) in [6.07, 6.45) is 2.88. The van der Waals surface area contributed by atoms with Gasteiger partial charge in [-0.25, -0.2) is 4.79 Å². The molecule has 4 nitrogen and oxygen atoms in total. The van der Waals surface area contributed by atoms with Crippen LogP contribution in [0.2, 0.25) is 0 Å². The molecule has 0 aliphatic rings. The topological polar surface area (TPSA) is 55.4 Å². The SMILES string of the molecule is COC(=O)/C=C/c1cc(Br)ccc1NC(C)=O. The van der Waals surface area contributed by atoms with Crippen molar-refractivity contribution in [1.29, 1.82) is 0 Å². The maximum absolute atomic E-state index is 11.0. The van der Waals surface area contributed by atoms with Gasteiger partial charge in [0.2, 0.25) is 5.91 Å². The quantitative estimate of drug-likeness (QED) is 0.689. The van der Waals surface area contributed by atoms with Gasteiger partial charge in [-0.15, -0.1) is 0 Å². The van der Waals surface area contributed by atoms with E-state index >= 15 is 0 Å². The van der Waals surface area contributed by atoms with E-state index in [1.54, 1.807) is 24.3 Å². The second kappa shape index (κ2) is 6.20. The van der Waals surface area contributed by atoms with Gasteiger partial charge in [0, 0.05) is 23.2 Å². The molecular formula is C12H12BrNO3. The minimum Gasteiger partial charge on any atom is -0.466 e. The van der Waals surface area contributed by atoms with Crippen LogP contribution in [0, 0.1) is 0 Å². The Hall–Kier alpha value is -1.62. The van der Waals surface area contributed by atoms with E-state index in [-0.39, 0.29) is 5.91 Å². The van der Waals surface area contributed by atoms with Crippen molar-refractivity contribution in [3.8, 4) is 0 Å². The lowest BCUT2D eigenvalue weighted by Crippen LogP contribution is -2.07. The van der Waals surface area contributed by atoms with Crippen molar-refractivity contribution < 1.29 is 14.3 Å². The van der Waals surface area contributed by atoms with Crippen molar-refractivity contribution >= 4 is 39.6 Å². The molecule has 17 heavy (non-hydrogen) atoms. The van der Waals surface area contributed by atoms with Crippen LogP contribution in [-0.2, 0) is 14.3 Å². The smallest absolute Gasteiger partial charge is 0.330 e. The van der Waals surface area contributed by atoms with Gasteiger partial charge in [-0.1, -0.05) is 15.9 Å². The van der Waals surface area contributed by atoms with Crippen molar-refractivity contribution in [3.05, 3.63) is 34.3 Å². The summed E-state index contributed by atoms with van der Waals surface area (Å²) in [7, 11) is 1.31. The average molecular weight is 298 g/mol. The molecule has 1 aromatic carbocycles. The number of halogens is 1. The van der Waals surface area contributed by atoms with Crippen molar-refractivity contribution in [1.82, 2.24) is 0 Å². The van der Waals surface area contributed by atoms with Crippen LogP contribution >= 0.6 is 15.9 Å². The lowest BCUT2D eigenvalue weighted by molar-refractivity contribution is -0.134. The first-order valence-corrected chi connectivity index (χ1v) is 5.65. The normalized spacial score (nSPS) is 10.3. The number of methoxy groups -OCH3 is 1. The highest BCUT2D eigenvalue weighted by Gasteiger charge is 2.03. The Kier molecular flexibility index (Phi) is 4.90. The fraction of sp³-hybridized carbons (Fsp3) is 0.167. The lowest BCUT2D eigenvalue weighted by Gasteiger charge is -2.06. The molecule has 0 aliphatic heterocycles. The highest BCUT2D eigenvalue weighted by Crippen LogP contribution is 2.22. The van der Waals surface area contributed by atoms with Crippen molar-refractivity contribution in [2.45, 2.75) is 6.92 Å². The summed E-state index contributed by atoms with van der Waals surface area (Å²) < 4.78 is 5.36. The molecule has 1 aromatic rings. The standard InChI is InChI=1S/C12H12BrNO3/c1-8(15)14-11-5-4-10(13)7-9(11)3-6-12(16)17-2/h3-7H,1-2H3,(H,14,15)/b6-3+. The molecule has 0 aliphatic carbocycles. The number of amides is 1. The minimum atomic E-state index is -0.446. The maximum Gasteiger partial charge on any atom is 0.330 e. The number of rotatable bonds is 3. The van der Waals surface area contributed by atoms with Crippen molar-refractivity contribution in [2.24, 2.45) is 0 Å². The fourth-order valence-electron chi connectivity index (χ4n) is 1.20. The third-order valence-electron chi connectivity index (χ3n) is 1.92. The first kappa shape index (κ1) is 13.4. The van der Waals surface area contributed by atoms with Gasteiger partial charge in [0.25, 0.3) is 0 Å². The van der Waals surface area contributed by atoms with Crippen molar-refractivity contribution in [2.75, 3.05) is 12.4 Å². The number of nitrogens with one attached hydrogen (secondary N) is 1. The number of carbonyl (C=O) groups is 2. The number of esters is 1. The summed E-state index contributed by atoms with van der Waals surface area (Å²) in [6.45, 7) is 1.43. The zero-order chi connectivity index (χ0) is 12.8. The lowest BCUT2D eigenvalue weighted by atomic mass is 10.1. The zero-order valence-corrected chi connectivity index (χ0v) is 11.1. The Morgan fingerprint density at radius 1 is 1.41 bits per heavy atom. The molecule has 5 heteroatoms. The third-order valence-corrected chi connectivity index (χ3v) is 2.42. The Morgan fingerprint density at radius 3 is 2.71 bits per heavy atom. The van der Waals surface area contributed by atoms with E-state index in [2.05, 4.69) is 26.0 Å². The van der Waals surface area contributed by atoms with Gasteiger partial charge in [0.15, 0.2) is 0 Å². The molecule has 0 heterocycles. The summed E-state index contributed by atoms with van der Waals surface area (Å²) in [6, 6.07) is 5.36. The van der Waals surface area contributed by atoms with E-state index in [4.69, 9.17) is 0 Å². The molecule has 0 unspecified atom stereocenters. The highest BCUT2D eigenvalue weighted by atomic mass is 79.9. The molecule has 0 saturated heterocycles. The van der Waals surface area contributed by atoms with E-state index in [9.17, 15) is 9.59 Å². The Balaban J connectivity index is 3.02. The number of anilines is 1. The van der Waals surface area contributed by atoms with Gasteiger partial charge in [0.1, 0.15) is 0 Å². The molecule has 90 valence electrons. The zero-order valence-electron chi connectivity index (χ0n) is 9.49. The molecule has 0 spiro atoms. The number of carbonyl (C=O) groups excluding carboxylic acids is 2. The van der Waals surface area contributed by atoms with Crippen LogP contribution in [0.5, 0.6) is 0 Å². The van der Waals surface area contributed by atoms with E-state index in [0.717, 1.165) is 10.0 Å². The van der Waals surface area contributed by atoms with E-state index < -0.39 is 5.97 Å². The molecule has 0 aromatic heterocycles. The van der Waals surface area contributed by atoms with Crippen LogP contribution in [0.1, 0.15) is 12.5 Å². The second-order valence-corrected chi connectivity index (χ2v) is 4.18. The summed E-state index contributed by atoms with van der Waals surface area (Å²) in [5.41, 5.74) is 1.36. The maximum atomic E-state index is 11.0. The van der Waals surface area contributed by atoms with Gasteiger partial charge in [-0.2, -0.15) is 0 Å². The van der Waals surface area contributed by atoms with Gasteiger partial charge >= 0.3 is 5.97 Å². The Bertz CT molecular complexity index is 469. The molecule has 0 bridgehead atoms. The molecule has 0 atom stereocenters. The molecule has 0 saturated carbocycles. The predicted octanol–water partition coefficient (Wildman–Crippen LogP) is 2.59. The fourth-order valence-corrected chi connectivity index (χ4v) is 1.58. The van der Waals surface area contributed by atoms with Crippen LogP contribution in [0.15, 0.2) is 28.7 Å². The molecular weight excluding hydrogens is 286 g/mol. The van der Waals surface area contributed by atoms with Crippen LogP contribution < -0.4 is 5.32 Å². The summed E-state index contributed by atoms with van der Waals surface area (Å²) in [5, 5.41) is 2.68. The first-order chi connectivity index (χ1) is 8.02. The average Bonchev–Trinajstić information content (AvgIpc) is 2.28. The minimum absolute atomic E-state index is 0.167. The van der Waals surface area contributed by atoms with Gasteiger partial charge < -0.3 is 10.1 Å². The molecule has 0 radical (unpaired) electrons. The number of ether oxygens (including phenoxy) is 1. The Morgan fingerprint density at radius 2 is 2.12 bits per heavy atom. The predicted molar refractivity (Wildman–Crippen MR) is 69.5 cm³/mol. The van der Waals surface area contributed by atoms with Gasteiger partial charge in [0.05, 0.1) is 7.11 Å². The Labute approximate surface area is 108 Å².